The van der Waals surface area contributed by atoms with E-state index in [2.05, 4.69) is 6.92 Å². The van der Waals surface area contributed by atoms with Crippen LogP contribution in [0, 0.1) is 0 Å². The summed E-state index contributed by atoms with van der Waals surface area (Å²) in [7, 11) is 0. The van der Waals surface area contributed by atoms with Gasteiger partial charge in [-0.3, -0.25) is 4.79 Å². The van der Waals surface area contributed by atoms with Crippen molar-refractivity contribution >= 4 is 5.97 Å². The van der Waals surface area contributed by atoms with Crippen molar-refractivity contribution in [3.05, 3.63) is 24.3 Å². The molecule has 5 atom stereocenters. The Kier molecular flexibility index (Phi) is 11.4. The second kappa shape index (κ2) is 13.0. The molecule has 1 aliphatic rings. The summed E-state index contributed by atoms with van der Waals surface area (Å²) in [5.41, 5.74) is 0. The number of rotatable bonds is 13. The van der Waals surface area contributed by atoms with Crippen LogP contribution < -0.4 is 0 Å². The van der Waals surface area contributed by atoms with Gasteiger partial charge in [0.05, 0.1) is 30.5 Å². The van der Waals surface area contributed by atoms with Crippen molar-refractivity contribution in [1.29, 1.82) is 0 Å². The van der Waals surface area contributed by atoms with Crippen molar-refractivity contribution in [2.45, 2.75) is 95.2 Å². The van der Waals surface area contributed by atoms with E-state index >= 15 is 0 Å². The predicted octanol–water partition coefficient (Wildman–Crippen LogP) is 2.56. The van der Waals surface area contributed by atoms with E-state index in [1.807, 2.05) is 12.2 Å². The Morgan fingerprint density at radius 2 is 1.96 bits per heavy atom. The highest BCUT2D eigenvalue weighted by atomic mass is 16.5. The minimum Gasteiger partial charge on any atom is -0.481 e. The quantitative estimate of drug-likeness (QED) is 0.293. The zero-order valence-electron chi connectivity index (χ0n) is 15.7. The highest BCUT2D eigenvalue weighted by Crippen LogP contribution is 2.26. The molecule has 0 unspecified atom stereocenters. The van der Waals surface area contributed by atoms with Gasteiger partial charge in [0, 0.05) is 12.8 Å². The van der Waals surface area contributed by atoms with Gasteiger partial charge in [-0.2, -0.15) is 0 Å². The maximum absolute atomic E-state index is 10.4. The average Bonchev–Trinajstić information content (AvgIpc) is 2.97. The van der Waals surface area contributed by atoms with Gasteiger partial charge in [-0.15, -0.1) is 0 Å². The monoisotopic (exact) mass is 370 g/mol. The van der Waals surface area contributed by atoms with E-state index in [0.717, 1.165) is 19.3 Å². The van der Waals surface area contributed by atoms with Crippen LogP contribution in [0.5, 0.6) is 0 Å². The third-order valence-electron chi connectivity index (χ3n) is 4.56. The first-order valence-electron chi connectivity index (χ1n) is 9.68. The van der Waals surface area contributed by atoms with Crippen molar-refractivity contribution < 1.29 is 30.0 Å². The standard InChI is InChI=1S/C20H34O6/c1-2-3-6-9-15(21)12-13-16(22)19-14-17(23)18(26-19)10-7-4-5-8-11-20(24)25/h4,7,12-13,15-19,21-23H,2-3,5-6,8-11,14H2,1H3,(H,24,25)/b7-4-,13-12+/t15-,16-,17-,18-,19+/m0/s1. The number of aliphatic hydroxyl groups is 3. The van der Waals surface area contributed by atoms with Crippen LogP contribution in [0.15, 0.2) is 24.3 Å². The summed E-state index contributed by atoms with van der Waals surface area (Å²) in [5, 5.41) is 38.7. The third-order valence-corrected chi connectivity index (χ3v) is 4.56. The number of unbranched alkanes of at least 4 members (excludes halogenated alkanes) is 3. The first-order valence-corrected chi connectivity index (χ1v) is 9.68. The van der Waals surface area contributed by atoms with Gasteiger partial charge in [-0.25, -0.2) is 0 Å². The van der Waals surface area contributed by atoms with E-state index in [4.69, 9.17) is 9.84 Å². The fourth-order valence-electron chi connectivity index (χ4n) is 2.98. The molecule has 0 aromatic rings. The fourth-order valence-corrected chi connectivity index (χ4v) is 2.98. The minimum atomic E-state index is -0.852. The number of carboxylic acids is 1. The predicted molar refractivity (Wildman–Crippen MR) is 99.8 cm³/mol. The largest absolute Gasteiger partial charge is 0.481 e. The lowest BCUT2D eigenvalue weighted by Crippen LogP contribution is -2.24. The molecule has 0 saturated carbocycles. The molecular formula is C20H34O6. The van der Waals surface area contributed by atoms with E-state index < -0.39 is 30.4 Å². The Hall–Kier alpha value is -1.21. The number of aliphatic hydroxyl groups excluding tert-OH is 3. The molecular weight excluding hydrogens is 336 g/mol. The number of ether oxygens (including phenoxy) is 1. The molecule has 26 heavy (non-hydrogen) atoms. The van der Waals surface area contributed by atoms with Crippen LogP contribution in [-0.2, 0) is 9.53 Å². The van der Waals surface area contributed by atoms with Crippen LogP contribution in [0.1, 0.15) is 64.7 Å². The van der Waals surface area contributed by atoms with Gasteiger partial charge in [0.25, 0.3) is 0 Å². The molecule has 1 rings (SSSR count). The number of carbonyl (C=O) groups is 1. The molecule has 150 valence electrons. The second-order valence-electron chi connectivity index (χ2n) is 6.95. The lowest BCUT2D eigenvalue weighted by atomic mass is 10.0. The molecule has 6 heteroatoms. The normalized spacial score (nSPS) is 25.9. The van der Waals surface area contributed by atoms with Gasteiger partial charge in [-0.05, 0) is 25.7 Å². The minimum absolute atomic E-state index is 0.151. The summed E-state index contributed by atoms with van der Waals surface area (Å²) >= 11 is 0. The summed E-state index contributed by atoms with van der Waals surface area (Å²) in [6.07, 6.45) is 10.2. The van der Waals surface area contributed by atoms with E-state index in [1.165, 1.54) is 0 Å². The van der Waals surface area contributed by atoms with Crippen LogP contribution >= 0.6 is 0 Å². The van der Waals surface area contributed by atoms with Gasteiger partial charge >= 0.3 is 5.97 Å². The summed E-state index contributed by atoms with van der Waals surface area (Å²) in [6, 6.07) is 0. The topological polar surface area (TPSA) is 107 Å². The highest BCUT2D eigenvalue weighted by Gasteiger charge is 2.36. The summed E-state index contributed by atoms with van der Waals surface area (Å²) < 4.78 is 5.73. The molecule has 0 aliphatic carbocycles. The molecule has 1 saturated heterocycles. The molecule has 1 heterocycles. The molecule has 0 aromatic heterocycles. The fraction of sp³-hybridized carbons (Fsp3) is 0.750. The molecule has 0 aromatic carbocycles. The lowest BCUT2D eigenvalue weighted by Gasteiger charge is -2.16. The summed E-state index contributed by atoms with van der Waals surface area (Å²) in [5.74, 6) is -0.798. The van der Waals surface area contributed by atoms with Crippen molar-refractivity contribution in [1.82, 2.24) is 0 Å². The van der Waals surface area contributed by atoms with Crippen LogP contribution in [-0.4, -0.2) is 56.9 Å². The number of hydrogen-bond donors (Lipinski definition) is 4. The van der Waals surface area contributed by atoms with Gasteiger partial charge < -0.3 is 25.2 Å². The van der Waals surface area contributed by atoms with E-state index in [-0.39, 0.29) is 12.5 Å². The zero-order chi connectivity index (χ0) is 19.4. The molecule has 4 N–H and O–H groups in total. The summed E-state index contributed by atoms with van der Waals surface area (Å²) in [6.45, 7) is 2.11. The summed E-state index contributed by atoms with van der Waals surface area (Å²) in [4.78, 5) is 10.4. The van der Waals surface area contributed by atoms with Gasteiger partial charge in [0.15, 0.2) is 0 Å². The van der Waals surface area contributed by atoms with Crippen LogP contribution in [0.4, 0.5) is 0 Å². The highest BCUT2D eigenvalue weighted by molar-refractivity contribution is 5.66. The third kappa shape index (κ3) is 9.48. The van der Waals surface area contributed by atoms with E-state index in [9.17, 15) is 20.1 Å². The van der Waals surface area contributed by atoms with Crippen molar-refractivity contribution in [3.63, 3.8) is 0 Å². The number of carboxylic acid groups (broad SMARTS) is 1. The average molecular weight is 370 g/mol. The Morgan fingerprint density at radius 1 is 1.19 bits per heavy atom. The van der Waals surface area contributed by atoms with Crippen molar-refractivity contribution in [3.8, 4) is 0 Å². The number of allylic oxidation sites excluding steroid dienone is 1. The van der Waals surface area contributed by atoms with Crippen molar-refractivity contribution in [2.24, 2.45) is 0 Å². The molecule has 6 nitrogen and oxygen atoms in total. The molecule has 0 bridgehead atoms. The van der Waals surface area contributed by atoms with E-state index in [1.54, 1.807) is 12.2 Å². The molecule has 0 radical (unpaired) electrons. The maximum atomic E-state index is 10.4. The Morgan fingerprint density at radius 3 is 2.65 bits per heavy atom. The van der Waals surface area contributed by atoms with Crippen LogP contribution in [0.2, 0.25) is 0 Å². The van der Waals surface area contributed by atoms with Gasteiger partial charge in [0.2, 0.25) is 0 Å². The maximum Gasteiger partial charge on any atom is 0.303 e. The Labute approximate surface area is 156 Å². The van der Waals surface area contributed by atoms with Gasteiger partial charge in [0.1, 0.15) is 0 Å². The number of hydrogen-bond acceptors (Lipinski definition) is 5. The first-order chi connectivity index (χ1) is 12.4. The SMILES string of the molecule is CCCCC[C@H](O)/C=C/[C@H](O)[C@H]1C[C@H](O)[C@H](C/C=C\CCCC(=O)O)O1. The molecule has 0 amide bonds. The Bertz CT molecular complexity index is 448. The Balaban J connectivity index is 2.30. The molecule has 1 aliphatic heterocycles. The van der Waals surface area contributed by atoms with Crippen LogP contribution in [0.25, 0.3) is 0 Å². The van der Waals surface area contributed by atoms with Crippen molar-refractivity contribution in [2.75, 3.05) is 0 Å². The van der Waals surface area contributed by atoms with E-state index in [0.29, 0.717) is 32.1 Å². The van der Waals surface area contributed by atoms with Gasteiger partial charge in [-0.1, -0.05) is 50.5 Å². The number of aliphatic carboxylic acids is 1. The lowest BCUT2D eigenvalue weighted by molar-refractivity contribution is -0.137. The zero-order valence-corrected chi connectivity index (χ0v) is 15.7. The van der Waals surface area contributed by atoms with Crippen LogP contribution in [0.3, 0.4) is 0 Å². The first kappa shape index (κ1) is 22.8. The second-order valence-corrected chi connectivity index (χ2v) is 6.95. The molecule has 0 spiro atoms. The molecule has 1 fully saturated rings. The smallest absolute Gasteiger partial charge is 0.303 e.